The molecule has 0 unspecified atom stereocenters. The summed E-state index contributed by atoms with van der Waals surface area (Å²) in [4.78, 5) is 33.3. The summed E-state index contributed by atoms with van der Waals surface area (Å²) in [6.07, 6.45) is 4.28. The number of anilines is 1. The summed E-state index contributed by atoms with van der Waals surface area (Å²) in [5, 5.41) is 7.38. The number of amides is 2. The maximum atomic E-state index is 12.8. The number of ether oxygens (including phenoxy) is 2. The highest BCUT2D eigenvalue weighted by Crippen LogP contribution is 2.30. The second kappa shape index (κ2) is 9.16. The van der Waals surface area contributed by atoms with E-state index in [0.717, 1.165) is 5.56 Å². The van der Waals surface area contributed by atoms with Crippen LogP contribution >= 0.6 is 11.3 Å². The Bertz CT molecular complexity index is 1010. The largest absolute Gasteiger partial charge is 0.493 e. The topological polar surface area (TPSA) is 102 Å². The molecule has 1 aromatic carbocycles. The number of rotatable bonds is 7. The Hall–Kier alpha value is -3.46. The summed E-state index contributed by atoms with van der Waals surface area (Å²) in [5.41, 5.74) is 1.45. The van der Waals surface area contributed by atoms with Gasteiger partial charge in [0.25, 0.3) is 11.8 Å². The highest BCUT2D eigenvalue weighted by molar-refractivity contribution is 7.12. The van der Waals surface area contributed by atoms with Gasteiger partial charge < -0.3 is 20.1 Å². The number of benzene rings is 1. The van der Waals surface area contributed by atoms with Gasteiger partial charge in [0.15, 0.2) is 11.5 Å². The quantitative estimate of drug-likeness (QED) is 0.617. The van der Waals surface area contributed by atoms with Gasteiger partial charge in [-0.15, -0.1) is 11.3 Å². The normalized spacial score (nSPS) is 11.4. The van der Waals surface area contributed by atoms with Crippen LogP contribution in [-0.2, 0) is 0 Å². The van der Waals surface area contributed by atoms with E-state index in [2.05, 4.69) is 20.6 Å². The van der Waals surface area contributed by atoms with E-state index in [1.54, 1.807) is 31.7 Å². The highest BCUT2D eigenvalue weighted by atomic mass is 32.1. The SMILES string of the molecule is COc1ccc([C@H](C)NC(=O)c2sccc2NC(=O)c2cnccn2)cc1OC. The van der Waals surface area contributed by atoms with Crippen molar-refractivity contribution in [3.8, 4) is 11.5 Å². The molecule has 0 radical (unpaired) electrons. The zero-order valence-electron chi connectivity index (χ0n) is 16.1. The first kappa shape index (κ1) is 20.3. The summed E-state index contributed by atoms with van der Waals surface area (Å²) >= 11 is 1.24. The third kappa shape index (κ3) is 4.69. The van der Waals surface area contributed by atoms with Crippen LogP contribution in [0.4, 0.5) is 5.69 Å². The van der Waals surface area contributed by atoms with Crippen LogP contribution in [0.2, 0.25) is 0 Å². The van der Waals surface area contributed by atoms with E-state index in [1.165, 1.54) is 29.9 Å². The van der Waals surface area contributed by atoms with Crippen LogP contribution in [-0.4, -0.2) is 36.0 Å². The molecular weight excluding hydrogens is 392 g/mol. The lowest BCUT2D eigenvalue weighted by atomic mass is 10.1. The fourth-order valence-electron chi connectivity index (χ4n) is 2.65. The summed E-state index contributed by atoms with van der Waals surface area (Å²) in [7, 11) is 3.12. The van der Waals surface area contributed by atoms with Crippen LogP contribution < -0.4 is 20.1 Å². The summed E-state index contributed by atoms with van der Waals surface area (Å²) in [5.74, 6) is 0.469. The minimum atomic E-state index is -0.432. The fourth-order valence-corrected chi connectivity index (χ4v) is 3.41. The molecule has 29 heavy (non-hydrogen) atoms. The smallest absolute Gasteiger partial charge is 0.275 e. The Labute approximate surface area is 171 Å². The molecular formula is C20H20N4O4S. The van der Waals surface area contributed by atoms with Crippen LogP contribution in [0.25, 0.3) is 0 Å². The van der Waals surface area contributed by atoms with Crippen molar-refractivity contribution < 1.29 is 19.1 Å². The molecule has 0 saturated carbocycles. The Morgan fingerprint density at radius 2 is 1.86 bits per heavy atom. The summed E-state index contributed by atoms with van der Waals surface area (Å²) in [6.45, 7) is 1.87. The lowest BCUT2D eigenvalue weighted by Gasteiger charge is -2.16. The molecule has 9 heteroatoms. The third-order valence-corrected chi connectivity index (χ3v) is 5.08. The summed E-state index contributed by atoms with van der Waals surface area (Å²) in [6, 6.07) is 6.85. The first-order chi connectivity index (χ1) is 14.0. The van der Waals surface area contributed by atoms with Crippen LogP contribution in [0.3, 0.4) is 0 Å². The number of hydrogen-bond acceptors (Lipinski definition) is 7. The first-order valence-corrected chi connectivity index (χ1v) is 9.59. The number of aromatic nitrogens is 2. The van der Waals surface area contributed by atoms with E-state index in [-0.39, 0.29) is 17.6 Å². The van der Waals surface area contributed by atoms with Crippen LogP contribution in [0.15, 0.2) is 48.2 Å². The fraction of sp³-hybridized carbons (Fsp3) is 0.200. The minimum Gasteiger partial charge on any atom is -0.493 e. The van der Waals surface area contributed by atoms with Crippen molar-refractivity contribution in [1.29, 1.82) is 0 Å². The standard InChI is InChI=1S/C20H20N4O4S/c1-12(13-4-5-16(27-2)17(10-13)28-3)23-20(26)18-14(6-9-29-18)24-19(25)15-11-21-7-8-22-15/h4-12H,1-3H3,(H,23,26)(H,24,25)/t12-/m0/s1. The number of nitrogens with one attached hydrogen (secondary N) is 2. The van der Waals surface area contributed by atoms with Gasteiger partial charge in [0.05, 0.1) is 32.1 Å². The molecule has 0 aliphatic rings. The van der Waals surface area contributed by atoms with Gasteiger partial charge >= 0.3 is 0 Å². The van der Waals surface area contributed by atoms with Crippen molar-refractivity contribution in [2.24, 2.45) is 0 Å². The van der Waals surface area contributed by atoms with Crippen LogP contribution in [0.1, 0.15) is 38.7 Å². The maximum Gasteiger partial charge on any atom is 0.275 e. The molecule has 0 spiro atoms. The lowest BCUT2D eigenvalue weighted by Crippen LogP contribution is -2.27. The molecule has 2 N–H and O–H groups in total. The zero-order valence-corrected chi connectivity index (χ0v) is 16.9. The van der Waals surface area contributed by atoms with Crippen molar-refractivity contribution >= 4 is 28.8 Å². The van der Waals surface area contributed by atoms with Gasteiger partial charge in [-0.25, -0.2) is 4.98 Å². The van der Waals surface area contributed by atoms with Crippen LogP contribution in [0.5, 0.6) is 11.5 Å². The number of carbonyl (C=O) groups is 2. The number of carbonyl (C=O) groups excluding carboxylic acids is 2. The van der Waals surface area contributed by atoms with Crippen LogP contribution in [0, 0.1) is 0 Å². The third-order valence-electron chi connectivity index (χ3n) is 4.17. The van der Waals surface area contributed by atoms with Crippen molar-refractivity contribution in [2.45, 2.75) is 13.0 Å². The molecule has 0 fully saturated rings. The van der Waals surface area contributed by atoms with Crippen molar-refractivity contribution in [1.82, 2.24) is 15.3 Å². The second-order valence-electron chi connectivity index (χ2n) is 6.02. The highest BCUT2D eigenvalue weighted by Gasteiger charge is 2.19. The van der Waals surface area contributed by atoms with Gasteiger partial charge in [-0.3, -0.25) is 14.6 Å². The molecule has 2 aromatic heterocycles. The summed E-state index contributed by atoms with van der Waals surface area (Å²) < 4.78 is 10.6. The Morgan fingerprint density at radius 1 is 1.07 bits per heavy atom. The molecule has 1 atom stereocenters. The van der Waals surface area contributed by atoms with E-state index in [4.69, 9.17) is 9.47 Å². The van der Waals surface area contributed by atoms with Gasteiger partial charge in [0, 0.05) is 12.4 Å². The minimum absolute atomic E-state index is 0.170. The van der Waals surface area contributed by atoms with E-state index in [9.17, 15) is 9.59 Å². The molecule has 0 aliphatic heterocycles. The molecule has 3 aromatic rings. The first-order valence-electron chi connectivity index (χ1n) is 8.71. The van der Waals surface area contributed by atoms with E-state index >= 15 is 0 Å². The molecule has 3 rings (SSSR count). The molecule has 2 heterocycles. The predicted octanol–water partition coefficient (Wildman–Crippen LogP) is 3.30. The molecule has 150 valence electrons. The van der Waals surface area contributed by atoms with Crippen molar-refractivity contribution in [3.63, 3.8) is 0 Å². The van der Waals surface area contributed by atoms with Gasteiger partial charge in [-0.05, 0) is 36.1 Å². The average molecular weight is 412 g/mol. The lowest BCUT2D eigenvalue weighted by molar-refractivity contribution is 0.0944. The average Bonchev–Trinajstić information content (AvgIpc) is 3.21. The molecule has 0 bridgehead atoms. The Morgan fingerprint density at radius 3 is 2.55 bits per heavy atom. The van der Waals surface area contributed by atoms with Gasteiger partial charge in [0.1, 0.15) is 10.6 Å². The van der Waals surface area contributed by atoms with Gasteiger partial charge in [-0.1, -0.05) is 6.07 Å². The van der Waals surface area contributed by atoms with Gasteiger partial charge in [-0.2, -0.15) is 0 Å². The molecule has 2 amide bonds. The molecule has 8 nitrogen and oxygen atoms in total. The second-order valence-corrected chi connectivity index (χ2v) is 6.93. The van der Waals surface area contributed by atoms with Gasteiger partial charge in [0.2, 0.25) is 0 Å². The van der Waals surface area contributed by atoms with Crippen molar-refractivity contribution in [3.05, 3.63) is 64.4 Å². The number of thiophene rings is 1. The van der Waals surface area contributed by atoms with E-state index in [1.807, 2.05) is 19.1 Å². The molecule has 0 saturated heterocycles. The van der Waals surface area contributed by atoms with E-state index < -0.39 is 5.91 Å². The number of nitrogens with zero attached hydrogens (tertiary/aromatic N) is 2. The Kier molecular flexibility index (Phi) is 6.40. The molecule has 0 aliphatic carbocycles. The monoisotopic (exact) mass is 412 g/mol. The number of methoxy groups -OCH3 is 2. The number of hydrogen-bond donors (Lipinski definition) is 2. The zero-order chi connectivity index (χ0) is 20.8. The van der Waals surface area contributed by atoms with Crippen molar-refractivity contribution in [2.75, 3.05) is 19.5 Å². The predicted molar refractivity (Wildman–Crippen MR) is 110 cm³/mol. The van der Waals surface area contributed by atoms with E-state index in [0.29, 0.717) is 22.1 Å². The maximum absolute atomic E-state index is 12.8. The Balaban J connectivity index is 1.72.